The van der Waals surface area contributed by atoms with Gasteiger partial charge in [0.15, 0.2) is 11.6 Å². The van der Waals surface area contributed by atoms with Crippen LogP contribution in [0.15, 0.2) is 48.7 Å². The number of benzene rings is 2. The predicted octanol–water partition coefficient (Wildman–Crippen LogP) is 4.06. The SMILES string of the molecule is Cc1cccc(Oc2c(F)cc(N)c3cccnc23)c1. The van der Waals surface area contributed by atoms with Crippen molar-refractivity contribution in [3.05, 3.63) is 60.0 Å². The lowest BCUT2D eigenvalue weighted by molar-refractivity contribution is 0.447. The van der Waals surface area contributed by atoms with Gasteiger partial charge in [-0.15, -0.1) is 0 Å². The number of nitrogen functional groups attached to an aromatic ring is 1. The van der Waals surface area contributed by atoms with Crippen molar-refractivity contribution in [2.45, 2.75) is 6.92 Å². The number of nitrogens with zero attached hydrogens (tertiary/aromatic N) is 1. The summed E-state index contributed by atoms with van der Waals surface area (Å²) in [5.74, 6) is 0.149. The van der Waals surface area contributed by atoms with Gasteiger partial charge in [-0.1, -0.05) is 12.1 Å². The molecule has 1 aromatic heterocycles. The minimum Gasteiger partial charge on any atom is -0.452 e. The number of anilines is 1. The summed E-state index contributed by atoms with van der Waals surface area (Å²) in [6.07, 6.45) is 1.59. The number of hydrogen-bond donors (Lipinski definition) is 1. The lowest BCUT2D eigenvalue weighted by Crippen LogP contribution is -1.96. The Balaban J connectivity index is 2.16. The van der Waals surface area contributed by atoms with Crippen molar-refractivity contribution in [2.24, 2.45) is 0 Å². The summed E-state index contributed by atoms with van der Waals surface area (Å²) >= 11 is 0. The molecular weight excluding hydrogens is 255 g/mol. The Morgan fingerprint density at radius 1 is 1.15 bits per heavy atom. The molecule has 2 aromatic carbocycles. The second-order valence-electron chi connectivity index (χ2n) is 4.59. The maximum absolute atomic E-state index is 14.1. The van der Waals surface area contributed by atoms with Gasteiger partial charge in [0.25, 0.3) is 0 Å². The van der Waals surface area contributed by atoms with Crippen molar-refractivity contribution >= 4 is 16.6 Å². The maximum Gasteiger partial charge on any atom is 0.189 e. The van der Waals surface area contributed by atoms with Crippen molar-refractivity contribution in [1.82, 2.24) is 4.98 Å². The highest BCUT2D eigenvalue weighted by Crippen LogP contribution is 2.34. The molecule has 0 spiro atoms. The fraction of sp³-hybridized carbons (Fsp3) is 0.0625. The van der Waals surface area contributed by atoms with E-state index < -0.39 is 5.82 Å². The largest absolute Gasteiger partial charge is 0.452 e. The van der Waals surface area contributed by atoms with E-state index in [1.165, 1.54) is 6.07 Å². The minimum atomic E-state index is -0.518. The minimum absolute atomic E-state index is 0.0976. The number of rotatable bonds is 2. The van der Waals surface area contributed by atoms with Crippen molar-refractivity contribution < 1.29 is 9.13 Å². The van der Waals surface area contributed by atoms with Crippen molar-refractivity contribution in [1.29, 1.82) is 0 Å². The molecule has 0 aliphatic carbocycles. The standard InChI is InChI=1S/C16H13FN2O/c1-10-4-2-5-11(8-10)20-16-13(17)9-14(18)12-6-3-7-19-15(12)16/h2-9H,18H2,1H3. The highest BCUT2D eigenvalue weighted by atomic mass is 19.1. The molecule has 0 atom stereocenters. The summed E-state index contributed by atoms with van der Waals surface area (Å²) in [6, 6.07) is 12.2. The van der Waals surface area contributed by atoms with Gasteiger partial charge in [-0.3, -0.25) is 4.98 Å². The number of ether oxygens (including phenoxy) is 1. The normalized spacial score (nSPS) is 10.7. The zero-order valence-corrected chi connectivity index (χ0v) is 10.9. The highest BCUT2D eigenvalue weighted by molar-refractivity contribution is 5.94. The lowest BCUT2D eigenvalue weighted by atomic mass is 10.1. The topological polar surface area (TPSA) is 48.1 Å². The third-order valence-electron chi connectivity index (χ3n) is 3.04. The Bertz CT molecular complexity index is 787. The van der Waals surface area contributed by atoms with Gasteiger partial charge in [0.05, 0.1) is 0 Å². The van der Waals surface area contributed by atoms with Crippen LogP contribution in [-0.2, 0) is 0 Å². The van der Waals surface area contributed by atoms with Gasteiger partial charge in [0.2, 0.25) is 0 Å². The van der Waals surface area contributed by atoms with Crippen LogP contribution in [0, 0.1) is 12.7 Å². The third kappa shape index (κ3) is 2.16. The molecule has 3 aromatic rings. The molecule has 0 bridgehead atoms. The van der Waals surface area contributed by atoms with Crippen LogP contribution in [-0.4, -0.2) is 4.98 Å². The summed E-state index contributed by atoms with van der Waals surface area (Å²) in [5.41, 5.74) is 7.62. The van der Waals surface area contributed by atoms with Crippen LogP contribution in [0.2, 0.25) is 0 Å². The van der Waals surface area contributed by atoms with E-state index in [4.69, 9.17) is 10.5 Å². The quantitative estimate of drug-likeness (QED) is 0.713. The number of fused-ring (bicyclic) bond motifs is 1. The number of hydrogen-bond acceptors (Lipinski definition) is 3. The molecule has 2 N–H and O–H groups in total. The molecular formula is C16H13FN2O. The number of aryl methyl sites for hydroxylation is 1. The predicted molar refractivity (Wildman–Crippen MR) is 77.4 cm³/mol. The Labute approximate surface area is 115 Å². The van der Waals surface area contributed by atoms with E-state index >= 15 is 0 Å². The first-order chi connectivity index (χ1) is 9.65. The van der Waals surface area contributed by atoms with E-state index in [2.05, 4.69) is 4.98 Å². The van der Waals surface area contributed by atoms with Gasteiger partial charge in [-0.05, 0) is 36.8 Å². The summed E-state index contributed by atoms with van der Waals surface area (Å²) in [4.78, 5) is 4.18. The molecule has 0 aliphatic heterocycles. The summed E-state index contributed by atoms with van der Waals surface area (Å²) in [7, 11) is 0. The van der Waals surface area contributed by atoms with Crippen molar-refractivity contribution in [3.8, 4) is 11.5 Å². The second-order valence-corrected chi connectivity index (χ2v) is 4.59. The molecule has 0 fully saturated rings. The fourth-order valence-corrected chi connectivity index (χ4v) is 2.11. The fourth-order valence-electron chi connectivity index (χ4n) is 2.11. The van der Waals surface area contributed by atoms with Crippen LogP contribution < -0.4 is 10.5 Å². The van der Waals surface area contributed by atoms with Crippen LogP contribution >= 0.6 is 0 Å². The molecule has 1 heterocycles. The molecule has 4 heteroatoms. The molecule has 20 heavy (non-hydrogen) atoms. The monoisotopic (exact) mass is 268 g/mol. The molecule has 0 amide bonds. The third-order valence-corrected chi connectivity index (χ3v) is 3.04. The van der Waals surface area contributed by atoms with Gasteiger partial charge in [-0.25, -0.2) is 4.39 Å². The van der Waals surface area contributed by atoms with Crippen LogP contribution in [0.3, 0.4) is 0 Å². The van der Waals surface area contributed by atoms with E-state index in [9.17, 15) is 4.39 Å². The second kappa shape index (κ2) is 4.81. The Kier molecular flexibility index (Phi) is 2.99. The Morgan fingerprint density at radius 2 is 2.00 bits per heavy atom. The van der Waals surface area contributed by atoms with E-state index in [1.54, 1.807) is 24.4 Å². The molecule has 0 saturated carbocycles. The molecule has 0 saturated heterocycles. The van der Waals surface area contributed by atoms with Crippen molar-refractivity contribution in [2.75, 3.05) is 5.73 Å². The summed E-state index contributed by atoms with van der Waals surface area (Å²) in [5, 5.41) is 0.677. The maximum atomic E-state index is 14.1. The Hall–Kier alpha value is -2.62. The first-order valence-corrected chi connectivity index (χ1v) is 6.22. The molecule has 3 nitrogen and oxygen atoms in total. The molecule has 3 rings (SSSR count). The molecule has 0 radical (unpaired) electrons. The van der Waals surface area contributed by atoms with Crippen LogP contribution in [0.1, 0.15) is 5.56 Å². The van der Waals surface area contributed by atoms with E-state index in [0.29, 0.717) is 22.3 Å². The number of nitrogens with two attached hydrogens (primary N) is 1. The smallest absolute Gasteiger partial charge is 0.189 e. The first kappa shape index (κ1) is 12.4. The Morgan fingerprint density at radius 3 is 2.80 bits per heavy atom. The van der Waals surface area contributed by atoms with E-state index in [1.807, 2.05) is 25.1 Å². The van der Waals surface area contributed by atoms with Gasteiger partial charge in [0.1, 0.15) is 11.3 Å². The van der Waals surface area contributed by atoms with Crippen LogP contribution in [0.5, 0.6) is 11.5 Å². The zero-order chi connectivity index (χ0) is 14.1. The van der Waals surface area contributed by atoms with Crippen molar-refractivity contribution in [3.63, 3.8) is 0 Å². The van der Waals surface area contributed by atoms with Crippen LogP contribution in [0.4, 0.5) is 10.1 Å². The lowest BCUT2D eigenvalue weighted by Gasteiger charge is -2.11. The first-order valence-electron chi connectivity index (χ1n) is 6.22. The summed E-state index contributed by atoms with van der Waals surface area (Å²) in [6.45, 7) is 1.95. The average molecular weight is 268 g/mol. The number of pyridine rings is 1. The number of aromatic nitrogens is 1. The van der Waals surface area contributed by atoms with Gasteiger partial charge >= 0.3 is 0 Å². The van der Waals surface area contributed by atoms with Crippen LogP contribution in [0.25, 0.3) is 10.9 Å². The summed E-state index contributed by atoms with van der Waals surface area (Å²) < 4.78 is 19.8. The molecule has 0 aliphatic rings. The zero-order valence-electron chi connectivity index (χ0n) is 10.9. The van der Waals surface area contributed by atoms with E-state index in [0.717, 1.165) is 5.56 Å². The van der Waals surface area contributed by atoms with Gasteiger partial charge in [0, 0.05) is 23.3 Å². The molecule has 100 valence electrons. The highest BCUT2D eigenvalue weighted by Gasteiger charge is 2.14. The van der Waals surface area contributed by atoms with Gasteiger partial charge in [-0.2, -0.15) is 0 Å². The average Bonchev–Trinajstić information content (AvgIpc) is 2.43. The number of halogens is 1. The van der Waals surface area contributed by atoms with E-state index in [-0.39, 0.29) is 5.75 Å². The molecule has 0 unspecified atom stereocenters. The van der Waals surface area contributed by atoms with Gasteiger partial charge < -0.3 is 10.5 Å².